The Morgan fingerprint density at radius 3 is 1.62 bits per heavy atom. The Hall–Kier alpha value is -6.91. The highest BCUT2D eigenvalue weighted by molar-refractivity contribution is 8.01. The molecule has 1 aromatic heterocycles. The normalized spacial score (nSPS) is 19.0. The number of nitrogens with one attached hydrogen (secondary N) is 4. The van der Waals surface area contributed by atoms with Gasteiger partial charge in [0.2, 0.25) is 16.9 Å². The third-order valence-corrected chi connectivity index (χ3v) is 17.4. The Labute approximate surface area is 503 Å². The Bertz CT molecular complexity index is 3260. The second-order valence-corrected chi connectivity index (χ2v) is 24.0. The molecule has 6 aliphatic rings. The zero-order valence-electron chi connectivity index (χ0n) is 45.3. The standard InChI is InChI=1S/C15H19BN2O6S.C14H17BN2O5S.C11H10BN3O4S2.C10H11BO5/c1-25-7-12(19)18-10-4-16(22)24-14-9(10)2-3-11(13(14)15(20)21)23-8-5-17-6-8;18-12(7-23-8-5-16-6-8)17-11-4-15(21)22-13-9(11)2-1-3-10(13)14(19)20;13-10-14-15-11(21-10)20-7-4-12(18)19-8-5(7)2-1-3-6(8)9(16)17;1-15-8-5-11(14)16-9-6(8)3-2-4-7(9)10(12)13/h2-3,8,10,17,22H,4-7H2,1H3,(H,18,19)(H,20,21);1-3,8,11,16,21H,4-7H2,(H,17,18)(H,19,20);1-3,7,18H,4H2,(H2,13,14)(H,16,17);2-4,8,14H,5H2,1H3,(H,12,13)/t10-;11-;7-;8-/m1111/s1. The molecule has 5 aromatic rings. The predicted octanol–water partition coefficient (Wildman–Crippen LogP) is 2.72. The molecule has 6 aliphatic heterocycles. The number of methoxy groups -OCH3 is 1. The molecule has 4 aromatic carbocycles. The molecule has 0 bridgehead atoms. The molecule has 4 atom stereocenters. The number of ether oxygens (including phenoxy) is 2. The monoisotopic (exact) mass is 1250 g/mol. The van der Waals surface area contributed by atoms with Gasteiger partial charge in [0.1, 0.15) is 51.5 Å². The molecule has 11 rings (SSSR count). The molecule has 14 N–H and O–H groups in total. The molecule has 2 amide bonds. The number of carboxylic acid groups (broad SMARTS) is 4. The molecule has 0 aliphatic carbocycles. The molecular formula is C50H57B4N7O20S4. The minimum Gasteiger partial charge on any atom is -0.535 e. The van der Waals surface area contributed by atoms with E-state index in [1.54, 1.807) is 60.3 Å². The Kier molecular flexibility index (Phi) is 22.2. The van der Waals surface area contributed by atoms with Crippen molar-refractivity contribution < 1.29 is 97.4 Å². The molecule has 85 heavy (non-hydrogen) atoms. The molecule has 2 saturated heterocycles. The summed E-state index contributed by atoms with van der Waals surface area (Å²) in [5.74, 6) is -3.44. The van der Waals surface area contributed by atoms with Crippen LogP contribution >= 0.6 is 46.6 Å². The number of rotatable bonds is 16. The van der Waals surface area contributed by atoms with Crippen LogP contribution in [0.2, 0.25) is 25.3 Å². The first-order valence-electron chi connectivity index (χ1n) is 26.1. The summed E-state index contributed by atoms with van der Waals surface area (Å²) in [5, 5.41) is 96.3. The summed E-state index contributed by atoms with van der Waals surface area (Å²) in [7, 11) is -2.92. The first-order chi connectivity index (χ1) is 40.7. The number of hydrogen-bond acceptors (Lipinski definition) is 25. The topological polar surface area (TPSA) is 420 Å². The highest BCUT2D eigenvalue weighted by Gasteiger charge is 2.40. The summed E-state index contributed by atoms with van der Waals surface area (Å²) in [5.41, 5.74) is 7.96. The van der Waals surface area contributed by atoms with Gasteiger partial charge < -0.3 is 95.6 Å². The fraction of sp³-hybridized carbons (Fsp3) is 0.360. The Balaban J connectivity index is 0.000000149. The van der Waals surface area contributed by atoms with Gasteiger partial charge in [0.05, 0.1) is 35.3 Å². The van der Waals surface area contributed by atoms with Gasteiger partial charge in [-0.3, -0.25) is 9.59 Å². The maximum atomic E-state index is 12.1. The van der Waals surface area contributed by atoms with Gasteiger partial charge in [-0.25, -0.2) is 19.2 Å². The predicted molar refractivity (Wildman–Crippen MR) is 316 cm³/mol. The van der Waals surface area contributed by atoms with Gasteiger partial charge in [-0.05, 0) is 36.6 Å². The second-order valence-electron chi connectivity index (χ2n) is 19.4. The van der Waals surface area contributed by atoms with Gasteiger partial charge >= 0.3 is 52.4 Å². The van der Waals surface area contributed by atoms with Crippen molar-refractivity contribution in [2.24, 2.45) is 0 Å². The molecule has 35 heteroatoms. The van der Waals surface area contributed by atoms with E-state index in [2.05, 4.69) is 31.5 Å². The zero-order chi connectivity index (χ0) is 61.1. The van der Waals surface area contributed by atoms with E-state index in [9.17, 15) is 64.2 Å². The number of nitrogens with zero attached hydrogens (tertiary/aromatic N) is 2. The van der Waals surface area contributed by atoms with Gasteiger partial charge in [-0.1, -0.05) is 59.5 Å². The number of benzene rings is 4. The van der Waals surface area contributed by atoms with E-state index in [1.807, 2.05) is 6.26 Å². The van der Waals surface area contributed by atoms with Crippen LogP contribution in [-0.2, 0) is 14.3 Å². The first kappa shape index (κ1) is 64.1. The highest BCUT2D eigenvalue weighted by atomic mass is 32.2. The fourth-order valence-electron chi connectivity index (χ4n) is 9.34. The zero-order valence-corrected chi connectivity index (χ0v) is 48.5. The minimum absolute atomic E-state index is 0.0181. The summed E-state index contributed by atoms with van der Waals surface area (Å²) in [6.07, 6.45) is 2.36. The maximum absolute atomic E-state index is 12.1. The van der Waals surface area contributed by atoms with E-state index in [0.717, 1.165) is 18.7 Å². The number of amides is 2. The summed E-state index contributed by atoms with van der Waals surface area (Å²) < 4.78 is 32.7. The number of carboxylic acids is 4. The van der Waals surface area contributed by atoms with Gasteiger partial charge in [0.25, 0.3) is 0 Å². The van der Waals surface area contributed by atoms with E-state index in [4.69, 9.17) is 38.9 Å². The van der Waals surface area contributed by atoms with Crippen LogP contribution < -0.4 is 50.4 Å². The fourth-order valence-corrected chi connectivity index (χ4v) is 12.7. The lowest BCUT2D eigenvalue weighted by Gasteiger charge is -2.32. The first-order valence-corrected chi connectivity index (χ1v) is 30.3. The number of aromatic nitrogens is 2. The summed E-state index contributed by atoms with van der Waals surface area (Å²) in [6, 6.07) is 16.7. The van der Waals surface area contributed by atoms with Gasteiger partial charge in [-0.15, -0.1) is 22.0 Å². The van der Waals surface area contributed by atoms with Crippen LogP contribution in [0.5, 0.6) is 28.7 Å². The van der Waals surface area contributed by atoms with Crippen molar-refractivity contribution in [3.63, 3.8) is 0 Å². The molecular weight excluding hydrogens is 1190 g/mol. The maximum Gasteiger partial charge on any atom is 0.525 e. The third kappa shape index (κ3) is 16.3. The number of nitrogens with two attached hydrogens (primary N) is 1. The molecule has 2 fully saturated rings. The largest absolute Gasteiger partial charge is 0.535 e. The third-order valence-electron chi connectivity index (χ3n) is 13.5. The summed E-state index contributed by atoms with van der Waals surface area (Å²) in [6.45, 7) is 3.12. The lowest BCUT2D eigenvalue weighted by Crippen LogP contribution is -2.50. The second kappa shape index (κ2) is 29.5. The van der Waals surface area contributed by atoms with Crippen LogP contribution in [0.1, 0.15) is 87.1 Å². The Morgan fingerprint density at radius 1 is 0.635 bits per heavy atom. The molecule has 448 valence electrons. The molecule has 0 spiro atoms. The van der Waals surface area contributed by atoms with Crippen molar-refractivity contribution in [2.45, 2.75) is 64.4 Å². The van der Waals surface area contributed by atoms with Crippen molar-refractivity contribution >= 4 is 116 Å². The quantitative estimate of drug-likeness (QED) is 0.0632. The number of para-hydroxylation sites is 3. The lowest BCUT2D eigenvalue weighted by molar-refractivity contribution is -0.120. The van der Waals surface area contributed by atoms with Gasteiger partial charge in [0.15, 0.2) is 4.34 Å². The molecule has 0 unspecified atom stereocenters. The number of thioether (sulfide) groups is 3. The van der Waals surface area contributed by atoms with Crippen molar-refractivity contribution in [1.29, 1.82) is 0 Å². The van der Waals surface area contributed by atoms with Crippen molar-refractivity contribution in [2.75, 3.05) is 56.8 Å². The molecule has 27 nitrogen and oxygen atoms in total. The van der Waals surface area contributed by atoms with E-state index in [1.165, 1.54) is 60.2 Å². The number of fused-ring (bicyclic) bond motifs is 4. The van der Waals surface area contributed by atoms with Crippen LogP contribution in [-0.4, -0.2) is 177 Å². The van der Waals surface area contributed by atoms with Crippen LogP contribution in [0.3, 0.4) is 0 Å². The summed E-state index contributed by atoms with van der Waals surface area (Å²) in [4.78, 5) is 69.3. The highest BCUT2D eigenvalue weighted by Crippen LogP contribution is 2.48. The molecule has 0 saturated carbocycles. The molecule has 7 heterocycles. The lowest BCUT2D eigenvalue weighted by atomic mass is 9.75. The average Bonchev–Trinajstić information content (AvgIpc) is 1.88. The van der Waals surface area contributed by atoms with E-state index < -0.39 is 64.4 Å². The number of carbonyl (C=O) groups is 6. The Morgan fingerprint density at radius 2 is 1.13 bits per heavy atom. The number of carbonyl (C=O) groups excluding carboxylic acids is 2. The van der Waals surface area contributed by atoms with Crippen molar-refractivity contribution in [3.8, 4) is 28.7 Å². The van der Waals surface area contributed by atoms with E-state index in [0.29, 0.717) is 62.9 Å². The van der Waals surface area contributed by atoms with Crippen LogP contribution in [0.15, 0.2) is 71.1 Å². The van der Waals surface area contributed by atoms with Gasteiger partial charge in [-0.2, -0.15) is 11.8 Å². The minimum atomic E-state index is -1.21. The van der Waals surface area contributed by atoms with Crippen LogP contribution in [0.25, 0.3) is 0 Å². The van der Waals surface area contributed by atoms with Crippen molar-refractivity contribution in [1.82, 2.24) is 31.5 Å². The number of aromatic carboxylic acids is 4. The van der Waals surface area contributed by atoms with Crippen molar-refractivity contribution in [3.05, 3.63) is 111 Å². The molecule has 0 radical (unpaired) electrons. The number of hydrogen-bond donors (Lipinski definition) is 13. The number of anilines is 1. The summed E-state index contributed by atoms with van der Waals surface area (Å²) >= 11 is 5.60. The van der Waals surface area contributed by atoms with E-state index >= 15 is 0 Å². The van der Waals surface area contributed by atoms with Crippen LogP contribution in [0, 0.1) is 0 Å². The number of nitrogen functional groups attached to an aromatic ring is 1. The smallest absolute Gasteiger partial charge is 0.525 e. The average molecular weight is 1250 g/mol. The van der Waals surface area contributed by atoms with E-state index in [-0.39, 0.29) is 98.7 Å². The SMILES string of the molecule is CO[C@@H]1CB(O)Oc2c(C(=O)O)cccc21.CSCC(=O)N[C@@H]1CB(O)Oc2c1ccc(OC1CNC1)c2C(=O)O.Nc1nnc(S[C@@H]2CB(O)Oc3c(C(=O)O)cccc32)s1.O=C(CSC1CNC1)N[C@@H]1CB(O)Oc2c(C(=O)O)cccc21. The van der Waals surface area contributed by atoms with Gasteiger partial charge in [0, 0.05) is 91.3 Å². The van der Waals surface area contributed by atoms with Crippen LogP contribution in [0.4, 0.5) is 5.13 Å².